The summed E-state index contributed by atoms with van der Waals surface area (Å²) in [5.74, 6) is -0.772. The number of carbonyl (C=O) groups excluding carboxylic acids is 1. The molecule has 1 aromatic rings. The molecule has 2 nitrogen and oxygen atoms in total. The standard InChI is InChI=1S/C10H12BrNO/c1-3-12-10(13)8-6-7(2)4-5-9(8)11/h4-6H,3H2,1-2H3,(H,12,13)/i1D3,3D2. The molecule has 70 valence electrons. The van der Waals surface area contributed by atoms with Gasteiger partial charge in [-0.25, -0.2) is 0 Å². The average Bonchev–Trinajstić information content (AvgIpc) is 2.19. The van der Waals surface area contributed by atoms with E-state index in [1.807, 2.05) is 5.32 Å². The van der Waals surface area contributed by atoms with Gasteiger partial charge in [-0.3, -0.25) is 4.79 Å². The highest BCUT2D eigenvalue weighted by Crippen LogP contribution is 2.17. The van der Waals surface area contributed by atoms with E-state index in [0.29, 0.717) is 4.47 Å². The summed E-state index contributed by atoms with van der Waals surface area (Å²) in [4.78, 5) is 11.8. The van der Waals surface area contributed by atoms with Gasteiger partial charge in [0, 0.05) is 17.8 Å². The number of amides is 1. The zero-order chi connectivity index (χ0) is 14.1. The van der Waals surface area contributed by atoms with Crippen molar-refractivity contribution >= 4 is 21.8 Å². The lowest BCUT2D eigenvalue weighted by atomic mass is 10.1. The van der Waals surface area contributed by atoms with Crippen molar-refractivity contribution in [3.05, 3.63) is 33.8 Å². The van der Waals surface area contributed by atoms with E-state index in [2.05, 4.69) is 15.9 Å². The topological polar surface area (TPSA) is 29.1 Å². The summed E-state index contributed by atoms with van der Waals surface area (Å²) in [6.07, 6.45) is 0. The molecule has 0 saturated carbocycles. The van der Waals surface area contributed by atoms with Crippen LogP contribution in [0.4, 0.5) is 0 Å². The van der Waals surface area contributed by atoms with Crippen LogP contribution < -0.4 is 5.32 Å². The van der Waals surface area contributed by atoms with Crippen LogP contribution in [0.25, 0.3) is 0 Å². The van der Waals surface area contributed by atoms with Crippen molar-refractivity contribution in [1.82, 2.24) is 5.32 Å². The number of benzene rings is 1. The molecule has 13 heavy (non-hydrogen) atoms. The molecule has 0 saturated heterocycles. The van der Waals surface area contributed by atoms with Crippen LogP contribution in [-0.2, 0) is 0 Å². The summed E-state index contributed by atoms with van der Waals surface area (Å²) in [6, 6.07) is 4.98. The molecule has 1 amide bonds. The van der Waals surface area contributed by atoms with Gasteiger partial charge >= 0.3 is 0 Å². The largest absolute Gasteiger partial charge is 0.352 e. The van der Waals surface area contributed by atoms with Crippen molar-refractivity contribution in [2.75, 3.05) is 6.50 Å². The van der Waals surface area contributed by atoms with Crippen LogP contribution in [0.3, 0.4) is 0 Å². The number of rotatable bonds is 2. The molecule has 1 rings (SSSR count). The third-order valence-electron chi connectivity index (χ3n) is 1.54. The first-order valence-corrected chi connectivity index (χ1v) is 4.42. The van der Waals surface area contributed by atoms with Crippen molar-refractivity contribution in [3.8, 4) is 0 Å². The number of nitrogens with one attached hydrogen (secondary N) is 1. The Kier molecular flexibility index (Phi) is 1.75. The van der Waals surface area contributed by atoms with Crippen LogP contribution in [-0.4, -0.2) is 12.4 Å². The average molecular weight is 247 g/mol. The summed E-state index contributed by atoms with van der Waals surface area (Å²) >= 11 is 3.17. The number of carbonyl (C=O) groups is 1. The van der Waals surface area contributed by atoms with E-state index in [9.17, 15) is 4.79 Å². The molecule has 0 radical (unpaired) electrons. The second kappa shape index (κ2) is 4.42. The van der Waals surface area contributed by atoms with E-state index in [-0.39, 0.29) is 5.56 Å². The monoisotopic (exact) mass is 246 g/mol. The molecule has 1 aromatic carbocycles. The Bertz CT molecular complexity index is 472. The summed E-state index contributed by atoms with van der Waals surface area (Å²) in [6.45, 7) is -3.91. The number of hydrogen-bond donors (Lipinski definition) is 1. The smallest absolute Gasteiger partial charge is 0.252 e. The highest BCUT2D eigenvalue weighted by atomic mass is 79.9. The summed E-state index contributed by atoms with van der Waals surface area (Å²) < 4.78 is 36.2. The minimum atomic E-state index is -2.92. The fourth-order valence-corrected chi connectivity index (χ4v) is 1.36. The quantitative estimate of drug-likeness (QED) is 0.854. The molecule has 0 aromatic heterocycles. The third kappa shape index (κ3) is 2.56. The molecule has 0 unspecified atom stereocenters. The molecular formula is C10H12BrNO. The molecule has 0 heterocycles. The van der Waals surface area contributed by atoms with Crippen molar-refractivity contribution < 1.29 is 11.6 Å². The Morgan fingerprint density at radius 3 is 3.23 bits per heavy atom. The molecular weight excluding hydrogens is 230 g/mol. The second-order valence-electron chi connectivity index (χ2n) is 2.56. The Hall–Kier alpha value is -0.830. The molecule has 1 N–H and O–H groups in total. The lowest BCUT2D eigenvalue weighted by Crippen LogP contribution is -2.23. The minimum absolute atomic E-state index is 0.197. The fourth-order valence-electron chi connectivity index (χ4n) is 0.937. The molecule has 0 bridgehead atoms. The molecule has 0 atom stereocenters. The fraction of sp³-hybridized carbons (Fsp3) is 0.300. The zero-order valence-electron chi connectivity index (χ0n) is 12.0. The van der Waals surface area contributed by atoms with E-state index in [4.69, 9.17) is 6.85 Å². The van der Waals surface area contributed by atoms with E-state index in [0.717, 1.165) is 5.56 Å². The predicted octanol–water partition coefficient (Wildman–Crippen LogP) is 2.51. The maximum atomic E-state index is 11.8. The van der Waals surface area contributed by atoms with Crippen LogP contribution in [0.15, 0.2) is 22.7 Å². The number of aryl methyl sites for hydroxylation is 1. The molecule has 0 aliphatic heterocycles. The van der Waals surface area contributed by atoms with Gasteiger partial charge in [-0.05, 0) is 41.8 Å². The van der Waals surface area contributed by atoms with Gasteiger partial charge in [-0.2, -0.15) is 0 Å². The molecule has 0 aliphatic rings. The minimum Gasteiger partial charge on any atom is -0.352 e. The van der Waals surface area contributed by atoms with Crippen LogP contribution in [0.2, 0.25) is 0 Å². The van der Waals surface area contributed by atoms with E-state index in [1.54, 1.807) is 25.1 Å². The molecule has 0 spiro atoms. The van der Waals surface area contributed by atoms with Crippen LogP contribution >= 0.6 is 15.9 Å². The first-order chi connectivity index (χ1) is 8.04. The normalized spacial score (nSPS) is 17.5. The molecule has 0 fully saturated rings. The van der Waals surface area contributed by atoms with Gasteiger partial charge in [0.05, 0.1) is 5.56 Å². The highest BCUT2D eigenvalue weighted by Gasteiger charge is 2.07. The van der Waals surface area contributed by atoms with E-state index >= 15 is 0 Å². The highest BCUT2D eigenvalue weighted by molar-refractivity contribution is 9.10. The Labute approximate surface area is 93.5 Å². The van der Waals surface area contributed by atoms with Crippen LogP contribution in [0.1, 0.15) is 29.6 Å². The number of halogens is 1. The van der Waals surface area contributed by atoms with Gasteiger partial charge in [0.2, 0.25) is 0 Å². The van der Waals surface area contributed by atoms with Crippen LogP contribution in [0, 0.1) is 6.92 Å². The SMILES string of the molecule is [2H]C([2H])([2H])C([2H])([2H])NC(=O)c1cc(C)ccc1Br. The second-order valence-corrected chi connectivity index (χ2v) is 3.42. The van der Waals surface area contributed by atoms with Gasteiger partial charge in [0.15, 0.2) is 0 Å². The summed E-state index contributed by atoms with van der Waals surface area (Å²) in [7, 11) is 0. The Morgan fingerprint density at radius 1 is 1.77 bits per heavy atom. The van der Waals surface area contributed by atoms with Gasteiger partial charge < -0.3 is 5.32 Å². The molecule has 3 heteroatoms. The Morgan fingerprint density at radius 2 is 2.54 bits per heavy atom. The van der Waals surface area contributed by atoms with Crippen molar-refractivity contribution in [2.24, 2.45) is 0 Å². The third-order valence-corrected chi connectivity index (χ3v) is 2.23. The van der Waals surface area contributed by atoms with Gasteiger partial charge in [-0.1, -0.05) is 11.6 Å². The Balaban J connectivity index is 3.00. The zero-order valence-corrected chi connectivity index (χ0v) is 8.60. The van der Waals surface area contributed by atoms with E-state index < -0.39 is 19.3 Å². The predicted molar refractivity (Wildman–Crippen MR) is 56.9 cm³/mol. The van der Waals surface area contributed by atoms with Crippen molar-refractivity contribution in [1.29, 1.82) is 0 Å². The van der Waals surface area contributed by atoms with E-state index in [1.165, 1.54) is 0 Å². The number of hydrogen-bond acceptors (Lipinski definition) is 1. The molecule has 0 aliphatic carbocycles. The van der Waals surface area contributed by atoms with Gasteiger partial charge in [0.1, 0.15) is 0 Å². The van der Waals surface area contributed by atoms with Gasteiger partial charge in [-0.15, -0.1) is 0 Å². The maximum Gasteiger partial charge on any atom is 0.252 e. The lowest BCUT2D eigenvalue weighted by molar-refractivity contribution is 0.0955. The summed E-state index contributed by atoms with van der Waals surface area (Å²) in [5, 5.41) is 1.88. The first-order valence-electron chi connectivity index (χ1n) is 6.13. The van der Waals surface area contributed by atoms with Crippen LogP contribution in [0.5, 0.6) is 0 Å². The summed E-state index contributed by atoms with van der Waals surface area (Å²) in [5.41, 5.74) is 1.01. The van der Waals surface area contributed by atoms with Gasteiger partial charge in [0.25, 0.3) is 5.91 Å². The lowest BCUT2D eigenvalue weighted by Gasteiger charge is -2.05. The maximum absolute atomic E-state index is 11.8. The van der Waals surface area contributed by atoms with Crippen molar-refractivity contribution in [2.45, 2.75) is 13.8 Å². The van der Waals surface area contributed by atoms with Crippen molar-refractivity contribution in [3.63, 3.8) is 0 Å². The first kappa shape index (κ1) is 5.15.